The highest BCUT2D eigenvalue weighted by atomic mass is 19.4. The lowest BCUT2D eigenvalue weighted by Crippen LogP contribution is -2.48. The second-order valence-electron chi connectivity index (χ2n) is 8.06. The van der Waals surface area contributed by atoms with E-state index in [-0.39, 0.29) is 17.0 Å². The quantitative estimate of drug-likeness (QED) is 0.443. The van der Waals surface area contributed by atoms with E-state index in [0.29, 0.717) is 22.4 Å². The van der Waals surface area contributed by atoms with Crippen LogP contribution in [0.1, 0.15) is 40.0 Å². The summed E-state index contributed by atoms with van der Waals surface area (Å²) in [4.78, 5) is 28.0. The highest BCUT2D eigenvalue weighted by molar-refractivity contribution is 6.13. The molecule has 1 aliphatic heterocycles. The van der Waals surface area contributed by atoms with E-state index in [1.807, 2.05) is 6.07 Å². The molecule has 2 amide bonds. The molecular formula is C27H20F3N3O3. The van der Waals surface area contributed by atoms with Crippen LogP contribution in [0.4, 0.5) is 23.7 Å². The molecule has 1 N–H and O–H groups in total. The van der Waals surface area contributed by atoms with Gasteiger partial charge >= 0.3 is 12.2 Å². The zero-order chi connectivity index (χ0) is 26.0. The van der Waals surface area contributed by atoms with Gasteiger partial charge in [0.25, 0.3) is 0 Å². The normalized spacial score (nSPS) is 15.8. The average molecular weight is 491 g/mol. The number of carbonyl (C=O) groups excluding carboxylic acids is 2. The molecular weight excluding hydrogens is 471 g/mol. The molecule has 1 unspecified atom stereocenters. The number of alkyl halides is 3. The summed E-state index contributed by atoms with van der Waals surface area (Å²) in [7, 11) is 1.49. The van der Waals surface area contributed by atoms with E-state index >= 15 is 0 Å². The number of ketones is 1. The third kappa shape index (κ3) is 4.66. The molecule has 0 fully saturated rings. The molecule has 1 atom stereocenters. The lowest BCUT2D eigenvalue weighted by Gasteiger charge is -2.36. The van der Waals surface area contributed by atoms with E-state index in [9.17, 15) is 22.8 Å². The molecule has 0 radical (unpaired) electrons. The summed E-state index contributed by atoms with van der Waals surface area (Å²) < 4.78 is 45.2. The number of urea groups is 1. The highest BCUT2D eigenvalue weighted by Gasteiger charge is 2.38. The molecule has 182 valence electrons. The summed E-state index contributed by atoms with van der Waals surface area (Å²) in [6.45, 7) is 1.52. The number of methoxy groups -OCH3 is 1. The minimum Gasteiger partial charge on any atom is -0.497 e. The zero-order valence-corrected chi connectivity index (χ0v) is 19.3. The second kappa shape index (κ2) is 9.58. The van der Waals surface area contributed by atoms with Crippen molar-refractivity contribution in [3.05, 3.63) is 106 Å². The van der Waals surface area contributed by atoms with Crippen molar-refractivity contribution in [2.45, 2.75) is 19.1 Å². The molecule has 0 saturated carbocycles. The van der Waals surface area contributed by atoms with Crippen molar-refractivity contribution < 1.29 is 27.5 Å². The molecule has 0 aromatic heterocycles. The van der Waals surface area contributed by atoms with Crippen LogP contribution in [0.15, 0.2) is 84.1 Å². The van der Waals surface area contributed by atoms with Gasteiger partial charge < -0.3 is 10.1 Å². The van der Waals surface area contributed by atoms with Gasteiger partial charge in [-0.15, -0.1) is 0 Å². The molecule has 0 spiro atoms. The Kier molecular flexibility index (Phi) is 6.53. The first-order valence-electron chi connectivity index (χ1n) is 10.8. The minimum absolute atomic E-state index is 0.0295. The number of nitrogens with zero attached hydrogens (tertiary/aromatic N) is 2. The lowest BCUT2D eigenvalue weighted by atomic mass is 9.88. The van der Waals surface area contributed by atoms with Gasteiger partial charge in [0, 0.05) is 16.8 Å². The van der Waals surface area contributed by atoms with Crippen LogP contribution in [0, 0.1) is 11.3 Å². The Labute approximate surface area is 205 Å². The number of allylic oxidation sites excluding steroid dienone is 1. The fourth-order valence-corrected chi connectivity index (χ4v) is 4.07. The predicted octanol–water partition coefficient (Wildman–Crippen LogP) is 6.01. The summed E-state index contributed by atoms with van der Waals surface area (Å²) in [5.74, 6) is 0.130. The van der Waals surface area contributed by atoms with Crippen molar-refractivity contribution in [1.29, 1.82) is 5.26 Å². The highest BCUT2D eigenvalue weighted by Crippen LogP contribution is 2.37. The van der Waals surface area contributed by atoms with Gasteiger partial charge in [0.05, 0.1) is 36.0 Å². The number of anilines is 1. The molecule has 0 saturated heterocycles. The fourth-order valence-electron chi connectivity index (χ4n) is 4.07. The van der Waals surface area contributed by atoms with Crippen LogP contribution in [0.25, 0.3) is 0 Å². The Hall–Kier alpha value is -4.58. The van der Waals surface area contributed by atoms with Crippen molar-refractivity contribution in [2.75, 3.05) is 12.0 Å². The van der Waals surface area contributed by atoms with Gasteiger partial charge in [-0.05, 0) is 67.1 Å². The number of ether oxygens (including phenoxy) is 1. The number of carbonyl (C=O) groups is 2. The van der Waals surface area contributed by atoms with Crippen molar-refractivity contribution in [3.8, 4) is 11.8 Å². The largest absolute Gasteiger partial charge is 0.497 e. The number of nitriles is 1. The molecule has 6 nitrogen and oxygen atoms in total. The van der Waals surface area contributed by atoms with Crippen LogP contribution in [-0.4, -0.2) is 18.9 Å². The molecule has 36 heavy (non-hydrogen) atoms. The second-order valence-corrected chi connectivity index (χ2v) is 8.06. The third-order valence-corrected chi connectivity index (χ3v) is 5.89. The molecule has 0 aliphatic carbocycles. The first-order chi connectivity index (χ1) is 17.1. The van der Waals surface area contributed by atoms with Gasteiger partial charge in [0.15, 0.2) is 5.78 Å². The minimum atomic E-state index is -4.60. The predicted molar refractivity (Wildman–Crippen MR) is 126 cm³/mol. The number of benzene rings is 3. The first kappa shape index (κ1) is 24.5. The topological polar surface area (TPSA) is 82.4 Å². The van der Waals surface area contributed by atoms with E-state index in [0.717, 1.165) is 17.0 Å². The van der Waals surface area contributed by atoms with E-state index in [1.165, 1.54) is 26.2 Å². The monoisotopic (exact) mass is 491 g/mol. The third-order valence-electron chi connectivity index (χ3n) is 5.89. The smallest absolute Gasteiger partial charge is 0.416 e. The number of halogens is 3. The van der Waals surface area contributed by atoms with E-state index in [1.54, 1.807) is 48.5 Å². The number of hydrogen-bond donors (Lipinski definition) is 1. The Morgan fingerprint density at radius 2 is 1.72 bits per heavy atom. The molecule has 3 aromatic carbocycles. The summed E-state index contributed by atoms with van der Waals surface area (Å²) in [6, 6.07) is 17.5. The van der Waals surface area contributed by atoms with Crippen molar-refractivity contribution in [3.63, 3.8) is 0 Å². The van der Waals surface area contributed by atoms with Crippen molar-refractivity contribution in [2.24, 2.45) is 0 Å². The first-order valence-corrected chi connectivity index (χ1v) is 10.8. The summed E-state index contributed by atoms with van der Waals surface area (Å²) in [6.07, 6.45) is -4.60. The van der Waals surface area contributed by atoms with E-state index in [4.69, 9.17) is 10.00 Å². The summed E-state index contributed by atoms with van der Waals surface area (Å²) >= 11 is 0. The van der Waals surface area contributed by atoms with Gasteiger partial charge in [-0.3, -0.25) is 9.69 Å². The van der Waals surface area contributed by atoms with Gasteiger partial charge in [0.1, 0.15) is 5.75 Å². The molecule has 1 aliphatic rings. The maximum atomic E-state index is 13.7. The summed E-state index contributed by atoms with van der Waals surface area (Å²) in [5.41, 5.74) is 0.674. The molecule has 3 aromatic rings. The van der Waals surface area contributed by atoms with Crippen LogP contribution in [0.3, 0.4) is 0 Å². The van der Waals surface area contributed by atoms with Crippen molar-refractivity contribution >= 4 is 17.5 Å². The molecule has 4 rings (SSSR count). The average Bonchev–Trinajstić information content (AvgIpc) is 2.88. The Morgan fingerprint density at radius 1 is 1.06 bits per heavy atom. The number of amides is 2. The molecule has 9 heteroatoms. The van der Waals surface area contributed by atoms with Gasteiger partial charge in [-0.25, -0.2) is 4.79 Å². The van der Waals surface area contributed by atoms with E-state index in [2.05, 4.69) is 5.32 Å². The van der Waals surface area contributed by atoms with Crippen molar-refractivity contribution in [1.82, 2.24) is 5.32 Å². The SMILES string of the molecule is COc1ccc(C(=O)C2=C(C)N(c3cccc(C(F)(F)F)c3)C(=O)NC2c2ccc(C#N)cc2)cc1. The summed E-state index contributed by atoms with van der Waals surface area (Å²) in [5, 5.41) is 11.9. The Morgan fingerprint density at radius 3 is 2.31 bits per heavy atom. The van der Waals surface area contributed by atoms with Crippen LogP contribution in [0.5, 0.6) is 5.75 Å². The Bertz CT molecular complexity index is 1390. The Balaban J connectivity index is 1.87. The van der Waals surface area contributed by atoms with Crippen LogP contribution in [-0.2, 0) is 6.18 Å². The number of hydrogen-bond acceptors (Lipinski definition) is 4. The maximum Gasteiger partial charge on any atom is 0.416 e. The fraction of sp³-hybridized carbons (Fsp3) is 0.148. The maximum absolute atomic E-state index is 13.7. The number of Topliss-reactive ketones (excluding diaryl/α,β-unsaturated/α-hetero) is 1. The number of rotatable bonds is 5. The van der Waals surface area contributed by atoms with Gasteiger partial charge in [-0.1, -0.05) is 18.2 Å². The zero-order valence-electron chi connectivity index (χ0n) is 19.3. The number of nitrogens with one attached hydrogen (secondary N) is 1. The van der Waals surface area contributed by atoms with Crippen LogP contribution in [0.2, 0.25) is 0 Å². The molecule has 1 heterocycles. The van der Waals surface area contributed by atoms with Crippen LogP contribution >= 0.6 is 0 Å². The van der Waals surface area contributed by atoms with Gasteiger partial charge in [0.2, 0.25) is 0 Å². The van der Waals surface area contributed by atoms with Crippen LogP contribution < -0.4 is 15.0 Å². The molecule has 0 bridgehead atoms. The van der Waals surface area contributed by atoms with E-state index < -0.39 is 29.6 Å². The van der Waals surface area contributed by atoms with Gasteiger partial charge in [-0.2, -0.15) is 18.4 Å². The lowest BCUT2D eigenvalue weighted by molar-refractivity contribution is -0.137. The standard InChI is InChI=1S/C27H20F3N3O3/c1-16-23(25(34)19-10-12-22(36-2)13-11-19)24(18-8-6-17(15-31)7-9-18)32-26(35)33(16)21-5-3-4-20(14-21)27(28,29)30/h3-14,24H,1-2H3,(H,32,35).